The molecule has 2 aromatic rings. The van der Waals surface area contributed by atoms with E-state index in [0.29, 0.717) is 18.9 Å². The van der Waals surface area contributed by atoms with E-state index in [4.69, 9.17) is 16.3 Å². The number of anilines is 1. The molecule has 11 heteroatoms. The fourth-order valence-electron chi connectivity index (χ4n) is 4.78. The third kappa shape index (κ3) is 2.95. The van der Waals surface area contributed by atoms with Gasteiger partial charge in [-0.25, -0.2) is 4.68 Å². The van der Waals surface area contributed by atoms with Gasteiger partial charge in [0.1, 0.15) is 5.82 Å². The molecule has 3 heterocycles. The lowest BCUT2D eigenvalue weighted by molar-refractivity contribution is -0.195. The van der Waals surface area contributed by atoms with Gasteiger partial charge in [0.2, 0.25) is 0 Å². The number of fused-ring (bicyclic) bond motifs is 1. The van der Waals surface area contributed by atoms with Crippen LogP contribution in [0.15, 0.2) is 12.3 Å². The van der Waals surface area contributed by atoms with Gasteiger partial charge < -0.3 is 9.64 Å². The fourth-order valence-corrected chi connectivity index (χ4v) is 4.94. The first-order valence-electron chi connectivity index (χ1n) is 9.83. The van der Waals surface area contributed by atoms with Gasteiger partial charge in [-0.3, -0.25) is 4.79 Å². The van der Waals surface area contributed by atoms with E-state index >= 15 is 0 Å². The molecule has 6 rings (SSSR count). The van der Waals surface area contributed by atoms with E-state index in [0.717, 1.165) is 19.3 Å². The Morgan fingerprint density at radius 3 is 2.70 bits per heavy atom. The Morgan fingerprint density at radius 2 is 2.10 bits per heavy atom. The molecule has 2 bridgehead atoms. The van der Waals surface area contributed by atoms with Crippen molar-refractivity contribution in [1.29, 1.82) is 0 Å². The molecule has 3 fully saturated rings. The second-order valence-corrected chi connectivity index (χ2v) is 8.74. The predicted octanol–water partition coefficient (Wildman–Crippen LogP) is 3.78. The van der Waals surface area contributed by atoms with Crippen LogP contribution >= 0.6 is 11.6 Å². The molecule has 3 saturated carbocycles. The summed E-state index contributed by atoms with van der Waals surface area (Å²) in [5.74, 6) is 0.602. The van der Waals surface area contributed by atoms with Crippen LogP contribution in [0.4, 0.5) is 19.0 Å². The normalized spacial score (nSPS) is 25.8. The predicted molar refractivity (Wildman–Crippen MR) is 100 cm³/mol. The van der Waals surface area contributed by atoms with Crippen molar-refractivity contribution in [2.45, 2.75) is 51.4 Å². The van der Waals surface area contributed by atoms with Gasteiger partial charge >= 0.3 is 12.1 Å². The van der Waals surface area contributed by atoms with Crippen molar-refractivity contribution in [3.05, 3.63) is 28.7 Å². The fraction of sp³-hybridized carbons (Fsp3) is 0.579. The minimum Gasteiger partial charge on any atom is -0.441 e. The molecule has 0 amide bonds. The van der Waals surface area contributed by atoms with Crippen LogP contribution in [0.3, 0.4) is 0 Å². The van der Waals surface area contributed by atoms with E-state index in [2.05, 4.69) is 15.3 Å². The van der Waals surface area contributed by atoms with Gasteiger partial charge in [-0.2, -0.15) is 23.4 Å². The molecule has 1 aliphatic heterocycles. The van der Waals surface area contributed by atoms with E-state index < -0.39 is 18.1 Å². The van der Waals surface area contributed by atoms with Crippen molar-refractivity contribution in [2.24, 2.45) is 11.3 Å². The summed E-state index contributed by atoms with van der Waals surface area (Å²) in [5, 5.41) is 11.3. The third-order valence-corrected chi connectivity index (χ3v) is 6.55. The highest BCUT2D eigenvalue weighted by Crippen LogP contribution is 2.65. The number of alkyl halides is 3. The van der Waals surface area contributed by atoms with Crippen LogP contribution in [0.1, 0.15) is 43.9 Å². The molecule has 0 N–H and O–H groups in total. The van der Waals surface area contributed by atoms with E-state index in [-0.39, 0.29) is 40.0 Å². The number of esters is 1. The lowest BCUT2D eigenvalue weighted by atomic mass is 9.44. The number of ether oxygens (including phenoxy) is 1. The van der Waals surface area contributed by atoms with Crippen molar-refractivity contribution >= 4 is 23.4 Å². The Hall–Kier alpha value is -2.36. The van der Waals surface area contributed by atoms with Gasteiger partial charge in [-0.15, -0.1) is 5.10 Å². The van der Waals surface area contributed by atoms with Crippen molar-refractivity contribution in [2.75, 3.05) is 11.4 Å². The molecule has 0 saturated heterocycles. The summed E-state index contributed by atoms with van der Waals surface area (Å²) in [6.45, 7) is 2.12. The number of nitrogens with zero attached hydrogens (tertiary/aromatic N) is 5. The van der Waals surface area contributed by atoms with Crippen LogP contribution in [0, 0.1) is 11.3 Å². The van der Waals surface area contributed by atoms with E-state index in [1.165, 1.54) is 16.9 Å². The summed E-state index contributed by atoms with van der Waals surface area (Å²) in [4.78, 5) is 14.3. The van der Waals surface area contributed by atoms with E-state index in [9.17, 15) is 18.0 Å². The molecule has 1 unspecified atom stereocenters. The summed E-state index contributed by atoms with van der Waals surface area (Å²) in [7, 11) is 0. The van der Waals surface area contributed by atoms with E-state index in [1.807, 2.05) is 0 Å². The first-order valence-corrected chi connectivity index (χ1v) is 10.2. The van der Waals surface area contributed by atoms with Crippen molar-refractivity contribution in [1.82, 2.24) is 20.0 Å². The average Bonchev–Trinajstić information content (AvgIpc) is 2.98. The van der Waals surface area contributed by atoms with Gasteiger partial charge in [-0.1, -0.05) is 11.6 Å². The van der Waals surface area contributed by atoms with Crippen molar-refractivity contribution < 1.29 is 22.7 Å². The molecule has 1 atom stereocenters. The van der Waals surface area contributed by atoms with Crippen LogP contribution in [0.2, 0.25) is 5.15 Å². The summed E-state index contributed by atoms with van der Waals surface area (Å²) in [6.07, 6.45) is -0.791. The Kier molecular flexibility index (Phi) is 4.29. The zero-order valence-electron chi connectivity index (χ0n) is 16.1. The maximum Gasteiger partial charge on any atom is 0.435 e. The summed E-state index contributed by atoms with van der Waals surface area (Å²) in [5.41, 5.74) is -0.993. The molecular weight excluding hydrogens is 423 g/mol. The second-order valence-electron chi connectivity index (χ2n) is 8.36. The molecule has 0 spiro atoms. The summed E-state index contributed by atoms with van der Waals surface area (Å²) >= 11 is 5.90. The number of halogens is 4. The standard InChI is InChI=1S/C19H19ClF3N5O2/c1-10(30-17(29)18-6-11(7-18)8-18)27-4-2-3-13-15(19(21,22)23)26-28(16(13)27)12-5-14(20)25-24-9-12/h5,9-11H,2-4,6-8H2,1H3. The van der Waals surface area contributed by atoms with Crippen molar-refractivity contribution in [3.63, 3.8) is 0 Å². The monoisotopic (exact) mass is 441 g/mol. The zero-order chi connectivity index (χ0) is 21.3. The summed E-state index contributed by atoms with van der Waals surface area (Å²) < 4.78 is 48.0. The summed E-state index contributed by atoms with van der Waals surface area (Å²) in [6, 6.07) is 1.40. The number of hydrogen-bond donors (Lipinski definition) is 0. The largest absolute Gasteiger partial charge is 0.441 e. The number of hydrogen-bond acceptors (Lipinski definition) is 6. The van der Waals surface area contributed by atoms with Crippen LogP contribution in [-0.4, -0.2) is 38.7 Å². The van der Waals surface area contributed by atoms with Gasteiger partial charge in [0.25, 0.3) is 0 Å². The average molecular weight is 442 g/mol. The highest BCUT2D eigenvalue weighted by molar-refractivity contribution is 6.29. The molecule has 0 radical (unpaired) electrons. The molecule has 4 aliphatic rings. The molecule has 30 heavy (non-hydrogen) atoms. The minimum atomic E-state index is -4.62. The maximum absolute atomic E-state index is 13.7. The van der Waals surface area contributed by atoms with Crippen LogP contribution in [-0.2, 0) is 22.1 Å². The Balaban J connectivity index is 1.53. The Bertz CT molecular complexity index is 1010. The first kappa shape index (κ1) is 19.6. The molecule has 160 valence electrons. The topological polar surface area (TPSA) is 73.1 Å². The van der Waals surface area contributed by atoms with E-state index in [1.54, 1.807) is 11.8 Å². The maximum atomic E-state index is 13.7. The highest BCUT2D eigenvalue weighted by atomic mass is 35.5. The molecule has 2 aromatic heterocycles. The minimum absolute atomic E-state index is 0.0377. The Morgan fingerprint density at radius 1 is 1.37 bits per heavy atom. The van der Waals surface area contributed by atoms with Gasteiger partial charge in [0, 0.05) is 18.2 Å². The highest BCUT2D eigenvalue weighted by Gasteiger charge is 2.62. The smallest absolute Gasteiger partial charge is 0.435 e. The van der Waals surface area contributed by atoms with Crippen LogP contribution < -0.4 is 4.90 Å². The van der Waals surface area contributed by atoms with Crippen LogP contribution in [0.25, 0.3) is 5.69 Å². The molecule has 7 nitrogen and oxygen atoms in total. The molecule has 0 aromatic carbocycles. The van der Waals surface area contributed by atoms with Gasteiger partial charge in [0.15, 0.2) is 17.1 Å². The van der Waals surface area contributed by atoms with Gasteiger partial charge in [-0.05, 0) is 44.9 Å². The Labute approximate surface area is 175 Å². The molecule has 3 aliphatic carbocycles. The van der Waals surface area contributed by atoms with Gasteiger partial charge in [0.05, 0.1) is 17.3 Å². The first-order chi connectivity index (χ1) is 14.2. The zero-order valence-corrected chi connectivity index (χ0v) is 16.9. The number of carbonyl (C=O) groups excluding carboxylic acids is 1. The molecular formula is C19H19ClF3N5O2. The van der Waals surface area contributed by atoms with Crippen molar-refractivity contribution in [3.8, 4) is 5.69 Å². The number of aromatic nitrogens is 4. The third-order valence-electron chi connectivity index (χ3n) is 6.37. The quantitative estimate of drug-likeness (QED) is 0.672. The SMILES string of the molecule is CC(OC(=O)C12CC(C1)C2)N1CCCc2c(C(F)(F)F)nn(-c3cnnc(Cl)c3)c21. The second kappa shape index (κ2) is 6.57. The number of rotatable bonds is 4. The van der Waals surface area contributed by atoms with Crippen LogP contribution in [0.5, 0.6) is 0 Å². The lowest BCUT2D eigenvalue weighted by Gasteiger charge is -2.59. The number of carbonyl (C=O) groups is 1. The lowest BCUT2D eigenvalue weighted by Crippen LogP contribution is -2.58.